The molecular weight excluding hydrogens is 260 g/mol. The third-order valence-electron chi connectivity index (χ3n) is 4.43. The van der Waals surface area contributed by atoms with Gasteiger partial charge < -0.3 is 10.1 Å². The van der Waals surface area contributed by atoms with E-state index in [0.29, 0.717) is 6.04 Å². The maximum Gasteiger partial charge on any atom is 0.118 e. The fourth-order valence-corrected chi connectivity index (χ4v) is 2.94. The number of nitrogens with zero attached hydrogens (tertiary/aromatic N) is 1. The van der Waals surface area contributed by atoms with Crippen molar-refractivity contribution in [2.24, 2.45) is 5.92 Å². The van der Waals surface area contributed by atoms with Gasteiger partial charge in [0.1, 0.15) is 5.75 Å². The molecule has 3 nitrogen and oxygen atoms in total. The van der Waals surface area contributed by atoms with Gasteiger partial charge in [-0.2, -0.15) is 0 Å². The first-order valence-corrected chi connectivity index (χ1v) is 7.97. The topological polar surface area (TPSA) is 24.5 Å². The second kappa shape index (κ2) is 6.80. The van der Waals surface area contributed by atoms with E-state index in [4.69, 9.17) is 4.74 Å². The van der Waals surface area contributed by atoms with Crippen LogP contribution in [0.3, 0.4) is 0 Å². The molecule has 1 aliphatic rings. The Kier molecular flexibility index (Phi) is 5.28. The Balaban J connectivity index is 1.83. The van der Waals surface area contributed by atoms with E-state index in [1.54, 1.807) is 7.11 Å². The summed E-state index contributed by atoms with van der Waals surface area (Å²) in [6.45, 7) is 8.85. The first kappa shape index (κ1) is 16.3. The zero-order valence-electron chi connectivity index (χ0n) is 14.1. The summed E-state index contributed by atoms with van der Waals surface area (Å²) >= 11 is 0. The summed E-state index contributed by atoms with van der Waals surface area (Å²) < 4.78 is 5.21. The normalized spacial score (nSPS) is 22.2. The van der Waals surface area contributed by atoms with Crippen molar-refractivity contribution in [2.75, 3.05) is 20.7 Å². The Hall–Kier alpha value is -1.06. The summed E-state index contributed by atoms with van der Waals surface area (Å²) in [5.74, 6) is 1.71. The molecule has 1 N–H and O–H groups in total. The molecular formula is C18H30N2O. The SMILES string of the molecule is COc1ccc(CN(C)C2CCC2CNC(C)(C)C)cc1. The van der Waals surface area contributed by atoms with Gasteiger partial charge >= 0.3 is 0 Å². The monoisotopic (exact) mass is 290 g/mol. The lowest BCUT2D eigenvalue weighted by Gasteiger charge is -2.44. The van der Waals surface area contributed by atoms with E-state index in [9.17, 15) is 0 Å². The van der Waals surface area contributed by atoms with Crippen LogP contribution in [0.15, 0.2) is 24.3 Å². The minimum absolute atomic E-state index is 0.217. The maximum atomic E-state index is 5.21. The van der Waals surface area contributed by atoms with Crippen molar-refractivity contribution in [2.45, 2.75) is 51.7 Å². The van der Waals surface area contributed by atoms with Crippen molar-refractivity contribution in [1.29, 1.82) is 0 Å². The Morgan fingerprint density at radius 3 is 2.33 bits per heavy atom. The zero-order valence-corrected chi connectivity index (χ0v) is 14.1. The molecule has 118 valence electrons. The van der Waals surface area contributed by atoms with Gasteiger partial charge in [-0.3, -0.25) is 4.90 Å². The van der Waals surface area contributed by atoms with Crippen LogP contribution in [-0.2, 0) is 6.54 Å². The quantitative estimate of drug-likeness (QED) is 0.870. The molecule has 1 aliphatic carbocycles. The Morgan fingerprint density at radius 1 is 1.19 bits per heavy atom. The van der Waals surface area contributed by atoms with E-state index in [1.165, 1.54) is 18.4 Å². The summed E-state index contributed by atoms with van der Waals surface area (Å²) in [5.41, 5.74) is 1.57. The van der Waals surface area contributed by atoms with Crippen molar-refractivity contribution >= 4 is 0 Å². The fourth-order valence-electron chi connectivity index (χ4n) is 2.94. The molecule has 2 atom stereocenters. The highest BCUT2D eigenvalue weighted by Crippen LogP contribution is 2.32. The van der Waals surface area contributed by atoms with E-state index in [-0.39, 0.29) is 5.54 Å². The Labute approximate surface area is 129 Å². The van der Waals surface area contributed by atoms with Gasteiger partial charge in [-0.05, 0) is 70.8 Å². The van der Waals surface area contributed by atoms with Gasteiger partial charge in [0, 0.05) is 18.1 Å². The second-order valence-corrected chi connectivity index (χ2v) is 7.30. The zero-order chi connectivity index (χ0) is 15.5. The molecule has 0 spiro atoms. The fraction of sp³-hybridized carbons (Fsp3) is 0.667. The smallest absolute Gasteiger partial charge is 0.118 e. The summed E-state index contributed by atoms with van der Waals surface area (Å²) in [5, 5.41) is 3.64. The van der Waals surface area contributed by atoms with Gasteiger partial charge in [0.05, 0.1) is 7.11 Å². The number of ether oxygens (including phenoxy) is 1. The van der Waals surface area contributed by atoms with Gasteiger partial charge in [-0.1, -0.05) is 12.1 Å². The maximum absolute atomic E-state index is 5.21. The van der Waals surface area contributed by atoms with Crippen molar-refractivity contribution < 1.29 is 4.74 Å². The minimum atomic E-state index is 0.217. The van der Waals surface area contributed by atoms with Crippen LogP contribution in [0.1, 0.15) is 39.2 Å². The highest BCUT2D eigenvalue weighted by atomic mass is 16.5. The Morgan fingerprint density at radius 2 is 1.86 bits per heavy atom. The van der Waals surface area contributed by atoms with Crippen LogP contribution < -0.4 is 10.1 Å². The lowest BCUT2D eigenvalue weighted by molar-refractivity contribution is 0.0738. The summed E-state index contributed by atoms with van der Waals surface area (Å²) in [7, 11) is 3.96. The molecule has 3 heteroatoms. The molecule has 0 aliphatic heterocycles. The molecule has 0 aromatic heterocycles. The molecule has 21 heavy (non-hydrogen) atoms. The number of benzene rings is 1. The third-order valence-corrected chi connectivity index (χ3v) is 4.43. The molecule has 1 saturated carbocycles. The molecule has 2 unspecified atom stereocenters. The number of hydrogen-bond acceptors (Lipinski definition) is 3. The van der Waals surface area contributed by atoms with Gasteiger partial charge in [0.15, 0.2) is 0 Å². The van der Waals surface area contributed by atoms with Crippen molar-refractivity contribution in [1.82, 2.24) is 10.2 Å². The molecule has 0 saturated heterocycles. The lowest BCUT2D eigenvalue weighted by atomic mass is 9.78. The highest BCUT2D eigenvalue weighted by molar-refractivity contribution is 5.27. The van der Waals surface area contributed by atoms with Gasteiger partial charge in [-0.25, -0.2) is 0 Å². The van der Waals surface area contributed by atoms with Crippen LogP contribution in [0, 0.1) is 5.92 Å². The average molecular weight is 290 g/mol. The summed E-state index contributed by atoms with van der Waals surface area (Å²) in [6, 6.07) is 9.12. The van der Waals surface area contributed by atoms with Gasteiger partial charge in [-0.15, -0.1) is 0 Å². The van der Waals surface area contributed by atoms with Gasteiger partial charge in [0.2, 0.25) is 0 Å². The van der Waals surface area contributed by atoms with Crippen molar-refractivity contribution in [3.8, 4) is 5.75 Å². The summed E-state index contributed by atoms with van der Waals surface area (Å²) in [4.78, 5) is 2.50. The van der Waals surface area contributed by atoms with E-state index in [1.807, 2.05) is 12.1 Å². The van der Waals surface area contributed by atoms with E-state index >= 15 is 0 Å². The second-order valence-electron chi connectivity index (χ2n) is 7.30. The number of rotatable bonds is 6. The van der Waals surface area contributed by atoms with Crippen LogP contribution in [0.5, 0.6) is 5.75 Å². The van der Waals surface area contributed by atoms with Crippen LogP contribution >= 0.6 is 0 Å². The van der Waals surface area contributed by atoms with E-state index in [2.05, 4.69) is 50.2 Å². The number of methoxy groups -OCH3 is 1. The first-order valence-electron chi connectivity index (χ1n) is 7.97. The van der Waals surface area contributed by atoms with Crippen LogP contribution in [0.25, 0.3) is 0 Å². The standard InChI is InChI=1S/C18H30N2O/c1-18(2,3)19-12-15-8-11-17(15)20(4)13-14-6-9-16(21-5)10-7-14/h6-7,9-10,15,17,19H,8,11-13H2,1-5H3. The van der Waals surface area contributed by atoms with Crippen LogP contribution in [0.4, 0.5) is 0 Å². The highest BCUT2D eigenvalue weighted by Gasteiger charge is 2.34. The minimum Gasteiger partial charge on any atom is -0.497 e. The summed E-state index contributed by atoms with van der Waals surface area (Å²) in [6.07, 6.45) is 2.67. The molecule has 2 rings (SSSR count). The predicted molar refractivity (Wildman–Crippen MR) is 88.7 cm³/mol. The molecule has 0 heterocycles. The number of nitrogens with one attached hydrogen (secondary N) is 1. The molecule has 1 aromatic carbocycles. The molecule has 0 amide bonds. The Bertz CT molecular complexity index is 436. The van der Waals surface area contributed by atoms with Crippen molar-refractivity contribution in [3.63, 3.8) is 0 Å². The van der Waals surface area contributed by atoms with Gasteiger partial charge in [0.25, 0.3) is 0 Å². The molecule has 0 radical (unpaired) electrons. The van der Waals surface area contributed by atoms with Crippen LogP contribution in [0.2, 0.25) is 0 Å². The predicted octanol–water partition coefficient (Wildman–Crippen LogP) is 3.29. The molecule has 1 aromatic rings. The largest absolute Gasteiger partial charge is 0.497 e. The van der Waals surface area contributed by atoms with Crippen LogP contribution in [-0.4, -0.2) is 37.2 Å². The third kappa shape index (κ3) is 4.72. The first-order chi connectivity index (χ1) is 9.89. The molecule has 1 fully saturated rings. The average Bonchev–Trinajstić information content (AvgIpc) is 2.37. The number of hydrogen-bond donors (Lipinski definition) is 1. The van der Waals surface area contributed by atoms with Crippen molar-refractivity contribution in [3.05, 3.63) is 29.8 Å². The molecule has 0 bridgehead atoms. The lowest BCUT2D eigenvalue weighted by Crippen LogP contribution is -2.51. The van der Waals surface area contributed by atoms with E-state index < -0.39 is 0 Å². The van der Waals surface area contributed by atoms with E-state index in [0.717, 1.165) is 24.8 Å².